The van der Waals surface area contributed by atoms with Gasteiger partial charge in [0.2, 0.25) is 0 Å². The van der Waals surface area contributed by atoms with Crippen molar-refractivity contribution in [2.45, 2.75) is 26.2 Å². The maximum atomic E-state index is 8.41. The second-order valence-electron chi connectivity index (χ2n) is 3.39. The lowest BCUT2D eigenvalue weighted by atomic mass is 9.94. The van der Waals surface area contributed by atoms with E-state index in [0.717, 1.165) is 5.76 Å². The van der Waals surface area contributed by atoms with Gasteiger partial charge in [-0.3, -0.25) is 0 Å². The molecule has 0 unspecified atom stereocenters. The van der Waals surface area contributed by atoms with Crippen LogP contribution < -0.4 is 0 Å². The highest BCUT2D eigenvalue weighted by molar-refractivity contribution is 5.12. The van der Waals surface area contributed by atoms with E-state index in [4.69, 9.17) is 9.68 Å². The quantitative estimate of drug-likeness (QED) is 0.567. The van der Waals surface area contributed by atoms with Crippen molar-refractivity contribution in [3.05, 3.63) is 17.8 Å². The van der Waals surface area contributed by atoms with E-state index >= 15 is 0 Å². The molecule has 1 aromatic rings. The molecule has 1 aromatic heterocycles. The Morgan fingerprint density at radius 2 is 2.18 bits per heavy atom. The summed E-state index contributed by atoms with van der Waals surface area (Å²) in [4.78, 5) is 3.77. The van der Waals surface area contributed by atoms with Crippen LogP contribution in [-0.4, -0.2) is 4.98 Å². The number of nitrogens with zero attached hydrogens (tertiary/aromatic N) is 2. The molecule has 3 nitrogen and oxygen atoms in total. The molecule has 0 aromatic carbocycles. The van der Waals surface area contributed by atoms with Gasteiger partial charge in [0.1, 0.15) is 5.76 Å². The van der Waals surface area contributed by atoms with Crippen LogP contribution >= 0.6 is 0 Å². The summed E-state index contributed by atoms with van der Waals surface area (Å²) in [6.07, 6.45) is 1.60. The van der Waals surface area contributed by atoms with Crippen LogP contribution in [0.25, 0.3) is 0 Å². The van der Waals surface area contributed by atoms with Crippen LogP contribution in [-0.2, 0) is 5.41 Å². The molecule has 0 fully saturated rings. The summed E-state index contributed by atoms with van der Waals surface area (Å²) >= 11 is 0. The minimum atomic E-state index is -0.0674. The molecule has 0 saturated carbocycles. The van der Waals surface area contributed by atoms with Crippen LogP contribution in [0.1, 0.15) is 32.4 Å². The van der Waals surface area contributed by atoms with Gasteiger partial charge in [-0.1, -0.05) is 20.8 Å². The van der Waals surface area contributed by atoms with Gasteiger partial charge in [0, 0.05) is 5.41 Å². The van der Waals surface area contributed by atoms with Crippen molar-refractivity contribution >= 4 is 0 Å². The summed E-state index contributed by atoms with van der Waals surface area (Å²) in [5, 5.41) is 8.41. The molecule has 0 bridgehead atoms. The van der Waals surface area contributed by atoms with Crippen molar-refractivity contribution in [1.82, 2.24) is 4.98 Å². The third kappa shape index (κ3) is 1.58. The highest BCUT2D eigenvalue weighted by Gasteiger charge is 2.18. The van der Waals surface area contributed by atoms with E-state index in [1.807, 2.05) is 26.8 Å². The molecular formula is C8H10N2O. The third-order valence-corrected chi connectivity index (χ3v) is 1.34. The number of hydrogen-bond donors (Lipinski definition) is 0. The van der Waals surface area contributed by atoms with Crippen molar-refractivity contribution in [2.75, 3.05) is 0 Å². The predicted octanol–water partition coefficient (Wildman–Crippen LogP) is 1.84. The Labute approximate surface area is 65.7 Å². The van der Waals surface area contributed by atoms with Gasteiger partial charge in [-0.2, -0.15) is 5.26 Å². The van der Waals surface area contributed by atoms with Crippen molar-refractivity contribution < 1.29 is 4.42 Å². The van der Waals surface area contributed by atoms with Crippen molar-refractivity contribution in [3.8, 4) is 6.07 Å². The maximum absolute atomic E-state index is 8.41. The van der Waals surface area contributed by atoms with Crippen molar-refractivity contribution in [1.29, 1.82) is 5.26 Å². The Morgan fingerprint density at radius 1 is 1.55 bits per heavy atom. The zero-order valence-electron chi connectivity index (χ0n) is 6.88. The van der Waals surface area contributed by atoms with Crippen LogP contribution in [0.2, 0.25) is 0 Å². The van der Waals surface area contributed by atoms with Crippen molar-refractivity contribution in [2.24, 2.45) is 0 Å². The fourth-order valence-electron chi connectivity index (χ4n) is 0.673. The summed E-state index contributed by atoms with van der Waals surface area (Å²) in [6, 6.07) is 1.84. The standard InChI is InChI=1S/C8H10N2O/c1-8(2,3)6-5-10-7(4-9)11-6/h5H,1-3H3. The van der Waals surface area contributed by atoms with Crippen LogP contribution in [0.4, 0.5) is 0 Å². The van der Waals surface area contributed by atoms with Gasteiger partial charge in [-0.25, -0.2) is 4.98 Å². The first-order valence-corrected chi connectivity index (χ1v) is 3.40. The van der Waals surface area contributed by atoms with E-state index in [1.54, 1.807) is 6.20 Å². The van der Waals surface area contributed by atoms with E-state index < -0.39 is 0 Å². The molecule has 0 spiro atoms. The lowest BCUT2D eigenvalue weighted by Gasteiger charge is -2.12. The van der Waals surface area contributed by atoms with Gasteiger partial charge in [-0.15, -0.1) is 0 Å². The fraction of sp³-hybridized carbons (Fsp3) is 0.500. The van der Waals surface area contributed by atoms with E-state index in [2.05, 4.69) is 4.98 Å². The monoisotopic (exact) mass is 150 g/mol. The van der Waals surface area contributed by atoms with Gasteiger partial charge in [0.05, 0.1) is 6.20 Å². The SMILES string of the molecule is CC(C)(C)c1cnc(C#N)o1. The first-order valence-electron chi connectivity index (χ1n) is 3.40. The minimum absolute atomic E-state index is 0.0674. The molecule has 0 N–H and O–H groups in total. The Bertz CT molecular complexity index is 288. The summed E-state index contributed by atoms with van der Waals surface area (Å²) in [5.74, 6) is 0.879. The highest BCUT2D eigenvalue weighted by atomic mass is 16.4. The summed E-state index contributed by atoms with van der Waals surface area (Å²) in [7, 11) is 0. The zero-order valence-corrected chi connectivity index (χ0v) is 6.88. The van der Waals surface area contributed by atoms with Gasteiger partial charge in [-0.05, 0) is 0 Å². The number of oxazole rings is 1. The molecule has 0 aliphatic rings. The Hall–Kier alpha value is -1.30. The first kappa shape index (κ1) is 7.80. The Kier molecular flexibility index (Phi) is 1.69. The van der Waals surface area contributed by atoms with E-state index in [0.29, 0.717) is 0 Å². The molecule has 0 aliphatic heterocycles. The molecule has 3 heteroatoms. The molecule has 0 atom stereocenters. The maximum Gasteiger partial charge on any atom is 0.300 e. The number of hydrogen-bond acceptors (Lipinski definition) is 3. The fourth-order valence-corrected chi connectivity index (χ4v) is 0.673. The molecule has 11 heavy (non-hydrogen) atoms. The topological polar surface area (TPSA) is 49.8 Å². The molecule has 0 aliphatic carbocycles. The average Bonchev–Trinajstić information content (AvgIpc) is 2.32. The summed E-state index contributed by atoms with van der Waals surface area (Å²) in [5.41, 5.74) is -0.0674. The number of nitriles is 1. The van der Waals surface area contributed by atoms with Gasteiger partial charge in [0.25, 0.3) is 0 Å². The second-order valence-corrected chi connectivity index (χ2v) is 3.39. The summed E-state index contributed by atoms with van der Waals surface area (Å²) in [6.45, 7) is 6.03. The second kappa shape index (κ2) is 2.39. The summed E-state index contributed by atoms with van der Waals surface area (Å²) < 4.78 is 5.12. The molecule has 1 heterocycles. The van der Waals surface area contributed by atoms with Gasteiger partial charge in [0.15, 0.2) is 6.07 Å². The van der Waals surface area contributed by atoms with Crippen molar-refractivity contribution in [3.63, 3.8) is 0 Å². The van der Waals surface area contributed by atoms with E-state index in [1.165, 1.54) is 0 Å². The van der Waals surface area contributed by atoms with Crippen LogP contribution in [0.3, 0.4) is 0 Å². The predicted molar refractivity (Wildman–Crippen MR) is 39.9 cm³/mol. The zero-order chi connectivity index (χ0) is 8.48. The largest absolute Gasteiger partial charge is 0.433 e. The average molecular weight is 150 g/mol. The highest BCUT2D eigenvalue weighted by Crippen LogP contribution is 2.21. The smallest absolute Gasteiger partial charge is 0.300 e. The van der Waals surface area contributed by atoms with Gasteiger partial charge >= 0.3 is 5.89 Å². The number of rotatable bonds is 0. The normalized spacial score (nSPS) is 11.1. The molecular weight excluding hydrogens is 140 g/mol. The van der Waals surface area contributed by atoms with Crippen LogP contribution in [0.5, 0.6) is 0 Å². The van der Waals surface area contributed by atoms with E-state index in [-0.39, 0.29) is 11.3 Å². The lowest BCUT2D eigenvalue weighted by molar-refractivity contribution is 0.401. The minimum Gasteiger partial charge on any atom is -0.433 e. The third-order valence-electron chi connectivity index (χ3n) is 1.34. The van der Waals surface area contributed by atoms with Crippen LogP contribution in [0.15, 0.2) is 10.6 Å². The van der Waals surface area contributed by atoms with Crippen LogP contribution in [0, 0.1) is 11.3 Å². The number of aromatic nitrogens is 1. The molecule has 1 rings (SSSR count). The molecule has 0 saturated heterocycles. The molecule has 0 radical (unpaired) electrons. The lowest BCUT2D eigenvalue weighted by Crippen LogP contribution is -2.09. The molecule has 58 valence electrons. The molecule has 0 amide bonds. The Balaban J connectivity index is 3.01. The Morgan fingerprint density at radius 3 is 2.45 bits per heavy atom. The van der Waals surface area contributed by atoms with E-state index in [9.17, 15) is 0 Å². The first-order chi connectivity index (χ1) is 5.04. The van der Waals surface area contributed by atoms with Gasteiger partial charge < -0.3 is 4.42 Å².